The van der Waals surface area contributed by atoms with Crippen molar-refractivity contribution in [2.45, 2.75) is 44.8 Å². The van der Waals surface area contributed by atoms with Gasteiger partial charge in [0.1, 0.15) is 5.60 Å². The van der Waals surface area contributed by atoms with Crippen LogP contribution in [0.4, 0.5) is 0 Å². The third-order valence-corrected chi connectivity index (χ3v) is 7.03. The number of hydrogen-bond donors (Lipinski definition) is 2. The molecule has 3 aromatic rings. The van der Waals surface area contributed by atoms with Gasteiger partial charge >= 0.3 is 6.01 Å². The average Bonchev–Trinajstić information content (AvgIpc) is 2.86. The van der Waals surface area contributed by atoms with Gasteiger partial charge in [0.2, 0.25) is 0 Å². The number of ether oxygens (including phenoxy) is 1. The molecule has 4 rings (SSSR count). The normalized spacial score (nSPS) is 18.4. The molecule has 1 fully saturated rings. The lowest BCUT2D eigenvalue weighted by Crippen LogP contribution is -2.63. The zero-order valence-corrected chi connectivity index (χ0v) is 21.8. The number of pyridine rings is 1. The summed E-state index contributed by atoms with van der Waals surface area (Å²) in [7, 11) is 3.52. The third-order valence-electron chi connectivity index (χ3n) is 7.03. The van der Waals surface area contributed by atoms with Crippen molar-refractivity contribution in [1.29, 1.82) is 0 Å². The van der Waals surface area contributed by atoms with Gasteiger partial charge in [-0.15, -0.1) is 0 Å². The maximum Gasteiger partial charge on any atom is 0.316 e. The van der Waals surface area contributed by atoms with Gasteiger partial charge in [-0.2, -0.15) is 4.98 Å². The lowest BCUT2D eigenvalue weighted by atomic mass is 9.62. The van der Waals surface area contributed by atoms with E-state index in [4.69, 9.17) is 4.74 Å². The van der Waals surface area contributed by atoms with E-state index < -0.39 is 16.6 Å². The van der Waals surface area contributed by atoms with Crippen LogP contribution in [0.2, 0.25) is 0 Å². The summed E-state index contributed by atoms with van der Waals surface area (Å²) in [6, 6.07) is 11.8. The lowest BCUT2D eigenvalue weighted by Gasteiger charge is -2.55. The molecule has 0 bridgehead atoms. The number of nitrogens with zero attached hydrogens (tertiary/aromatic N) is 4. The van der Waals surface area contributed by atoms with Crippen molar-refractivity contribution in [2.24, 2.45) is 5.41 Å². The van der Waals surface area contributed by atoms with Crippen LogP contribution in [0.1, 0.15) is 61.6 Å². The van der Waals surface area contributed by atoms with Crippen LogP contribution in [-0.2, 0) is 11.2 Å². The fourth-order valence-corrected chi connectivity index (χ4v) is 5.02. The van der Waals surface area contributed by atoms with E-state index in [1.165, 1.54) is 18.9 Å². The van der Waals surface area contributed by atoms with E-state index in [-0.39, 0.29) is 6.01 Å². The number of methoxy groups -OCH3 is 1. The Morgan fingerprint density at radius 2 is 1.78 bits per heavy atom. The van der Waals surface area contributed by atoms with E-state index in [9.17, 15) is 10.2 Å². The Morgan fingerprint density at radius 1 is 1.08 bits per heavy atom. The van der Waals surface area contributed by atoms with Gasteiger partial charge in [-0.1, -0.05) is 56.9 Å². The molecule has 188 valence electrons. The van der Waals surface area contributed by atoms with Crippen molar-refractivity contribution in [3.8, 4) is 17.9 Å². The number of likely N-dealkylation sites (tertiary alicyclic amines) is 1. The van der Waals surface area contributed by atoms with Gasteiger partial charge in [-0.3, -0.25) is 4.98 Å². The molecule has 3 heterocycles. The van der Waals surface area contributed by atoms with Crippen LogP contribution in [0.15, 0.2) is 55.0 Å². The first-order valence-electron chi connectivity index (χ1n) is 12.1. The second-order valence-corrected chi connectivity index (χ2v) is 10.4. The number of aliphatic hydroxyl groups is 2. The van der Waals surface area contributed by atoms with Crippen LogP contribution in [0.25, 0.3) is 0 Å². The van der Waals surface area contributed by atoms with Gasteiger partial charge in [0.05, 0.1) is 12.8 Å². The highest BCUT2D eigenvalue weighted by molar-refractivity contribution is 5.45. The highest BCUT2D eigenvalue weighted by atomic mass is 16.5. The van der Waals surface area contributed by atoms with Gasteiger partial charge in [0.15, 0.2) is 5.60 Å². The van der Waals surface area contributed by atoms with Crippen LogP contribution in [0, 0.1) is 17.3 Å². The summed E-state index contributed by atoms with van der Waals surface area (Å²) < 4.78 is 5.06. The minimum Gasteiger partial charge on any atom is -0.467 e. The van der Waals surface area contributed by atoms with Crippen molar-refractivity contribution in [1.82, 2.24) is 19.9 Å². The molecule has 0 amide bonds. The quantitative estimate of drug-likeness (QED) is 0.516. The van der Waals surface area contributed by atoms with Crippen LogP contribution >= 0.6 is 0 Å². The number of hydrogen-bond acceptors (Lipinski definition) is 7. The Labute approximate surface area is 213 Å². The zero-order valence-electron chi connectivity index (χ0n) is 21.8. The Balaban J connectivity index is 1.74. The van der Waals surface area contributed by atoms with E-state index in [1.807, 2.05) is 25.2 Å². The number of benzene rings is 1. The summed E-state index contributed by atoms with van der Waals surface area (Å²) in [6.45, 7) is 9.47. The first-order valence-corrected chi connectivity index (χ1v) is 12.1. The van der Waals surface area contributed by atoms with E-state index in [0.717, 1.165) is 18.7 Å². The molecule has 0 aliphatic carbocycles. The standard InChI is InChI=1S/C29H34N4O3/c1-20(2)22-7-9-23(10-8-22)29(35,27(3)18-33(5)19-27)24-15-21(16-30-17-24)11-13-28(4,34)25-12-14-31-26(32-25)36-6/h7-10,12,14-17,20,34-35H,18-19H2,1-6H3/t28-,29-/m0/s1. The minimum atomic E-state index is -1.53. The van der Waals surface area contributed by atoms with Crippen molar-refractivity contribution < 1.29 is 14.9 Å². The lowest BCUT2D eigenvalue weighted by molar-refractivity contribution is -0.127. The summed E-state index contributed by atoms with van der Waals surface area (Å²) in [5, 5.41) is 23.3. The zero-order chi connectivity index (χ0) is 26.1. The van der Waals surface area contributed by atoms with E-state index in [0.29, 0.717) is 22.7 Å². The fraction of sp³-hybridized carbons (Fsp3) is 0.414. The smallest absolute Gasteiger partial charge is 0.316 e. The summed E-state index contributed by atoms with van der Waals surface area (Å²) >= 11 is 0. The maximum atomic E-state index is 12.4. The average molecular weight is 487 g/mol. The van der Waals surface area contributed by atoms with Gasteiger partial charge in [-0.05, 0) is 43.1 Å². The molecule has 1 aliphatic heterocycles. The van der Waals surface area contributed by atoms with Gasteiger partial charge in [0.25, 0.3) is 0 Å². The molecule has 0 spiro atoms. The monoisotopic (exact) mass is 486 g/mol. The molecule has 2 atom stereocenters. The molecule has 1 aromatic carbocycles. The topological polar surface area (TPSA) is 91.6 Å². The molecule has 0 radical (unpaired) electrons. The second kappa shape index (κ2) is 9.62. The molecule has 1 saturated heterocycles. The third kappa shape index (κ3) is 4.72. The summed E-state index contributed by atoms with van der Waals surface area (Å²) in [4.78, 5) is 14.8. The summed E-state index contributed by atoms with van der Waals surface area (Å²) in [5.41, 5.74) is 0.441. The second-order valence-electron chi connectivity index (χ2n) is 10.4. The first-order chi connectivity index (χ1) is 17.0. The van der Waals surface area contributed by atoms with Gasteiger partial charge in [0, 0.05) is 48.2 Å². The van der Waals surface area contributed by atoms with Crippen LogP contribution in [0.3, 0.4) is 0 Å². The Kier molecular flexibility index (Phi) is 6.89. The minimum absolute atomic E-state index is 0.158. The molecular formula is C29H34N4O3. The predicted molar refractivity (Wildman–Crippen MR) is 138 cm³/mol. The SMILES string of the molecule is COc1nccc([C@@](C)(O)C#Cc2cncc([C@@](O)(c3ccc(C(C)C)cc3)C3(C)CN(C)C3)c2)n1. The molecule has 7 heteroatoms. The predicted octanol–water partition coefficient (Wildman–Crippen LogP) is 3.45. The molecule has 2 N–H and O–H groups in total. The van der Waals surface area contributed by atoms with E-state index in [1.54, 1.807) is 25.4 Å². The molecular weight excluding hydrogens is 452 g/mol. The van der Waals surface area contributed by atoms with E-state index in [2.05, 4.69) is 64.6 Å². The fourth-order valence-electron chi connectivity index (χ4n) is 5.02. The molecule has 0 unspecified atom stereocenters. The molecule has 2 aromatic heterocycles. The van der Waals surface area contributed by atoms with Crippen LogP contribution in [0.5, 0.6) is 6.01 Å². The van der Waals surface area contributed by atoms with E-state index >= 15 is 0 Å². The molecule has 0 saturated carbocycles. The van der Waals surface area contributed by atoms with Crippen molar-refractivity contribution >= 4 is 0 Å². The Morgan fingerprint density at radius 3 is 2.39 bits per heavy atom. The summed E-state index contributed by atoms with van der Waals surface area (Å²) in [5.74, 6) is 6.31. The maximum absolute atomic E-state index is 12.4. The highest BCUT2D eigenvalue weighted by Crippen LogP contribution is 2.50. The molecule has 1 aliphatic rings. The first kappa shape index (κ1) is 25.8. The van der Waals surface area contributed by atoms with Crippen molar-refractivity contribution in [3.63, 3.8) is 0 Å². The summed E-state index contributed by atoms with van der Waals surface area (Å²) in [6.07, 6.45) is 4.85. The van der Waals surface area contributed by atoms with Gasteiger partial charge in [-0.25, -0.2) is 4.98 Å². The molecule has 36 heavy (non-hydrogen) atoms. The Hall–Kier alpha value is -3.31. The number of aromatic nitrogens is 3. The van der Waals surface area contributed by atoms with Crippen LogP contribution < -0.4 is 4.74 Å². The van der Waals surface area contributed by atoms with Crippen LogP contribution in [-0.4, -0.2) is 57.3 Å². The number of rotatable bonds is 6. The van der Waals surface area contributed by atoms with Crippen molar-refractivity contribution in [2.75, 3.05) is 27.2 Å². The van der Waals surface area contributed by atoms with Crippen molar-refractivity contribution in [3.05, 3.63) is 82.9 Å². The van der Waals surface area contributed by atoms with Gasteiger partial charge < -0.3 is 19.8 Å². The Bertz CT molecular complexity index is 1290. The molecule has 7 nitrogen and oxygen atoms in total. The largest absolute Gasteiger partial charge is 0.467 e. The highest BCUT2D eigenvalue weighted by Gasteiger charge is 2.55.